The maximum absolute atomic E-state index is 5.73. The Balaban J connectivity index is 1.42. The second-order valence-electron chi connectivity index (χ2n) is 9.65. The number of allylic oxidation sites excluding steroid dienone is 5. The summed E-state index contributed by atoms with van der Waals surface area (Å²) in [4.78, 5) is 9.46. The van der Waals surface area contributed by atoms with Gasteiger partial charge in [0.1, 0.15) is 0 Å². The summed E-state index contributed by atoms with van der Waals surface area (Å²) < 4.78 is 0.906. The van der Waals surface area contributed by atoms with Crippen molar-refractivity contribution < 1.29 is 0 Å². The molecule has 36 heavy (non-hydrogen) atoms. The van der Waals surface area contributed by atoms with Crippen molar-refractivity contribution in [3.63, 3.8) is 0 Å². The largest absolute Gasteiger partial charge is 0.404 e. The normalized spacial score (nSPS) is 20.1. The molecular weight excluding hydrogens is 544 g/mol. The topological polar surface area (TPSA) is 38.4 Å². The predicted octanol–water partition coefficient (Wildman–Crippen LogP) is 9.57. The molecule has 1 fully saturated rings. The average molecular weight is 580 g/mol. The molecule has 3 aromatic rings. The average Bonchev–Trinajstić information content (AvgIpc) is 3.57. The Labute approximate surface area is 232 Å². The zero-order valence-corrected chi connectivity index (χ0v) is 24.6. The number of thiophene rings is 2. The molecule has 2 aromatic heterocycles. The van der Waals surface area contributed by atoms with Crippen LogP contribution in [-0.2, 0) is 6.42 Å². The minimum atomic E-state index is 0.418. The summed E-state index contributed by atoms with van der Waals surface area (Å²) in [5, 5.41) is 2.16. The molecule has 1 aromatic carbocycles. The van der Waals surface area contributed by atoms with Crippen LogP contribution in [0.15, 0.2) is 87.3 Å². The van der Waals surface area contributed by atoms with Gasteiger partial charge in [-0.1, -0.05) is 36.4 Å². The number of aliphatic imine (C=N–C) groups is 1. The molecule has 0 atom stereocenters. The minimum absolute atomic E-state index is 0.418. The molecule has 2 N–H and O–H groups in total. The molecule has 0 bridgehead atoms. The van der Waals surface area contributed by atoms with Crippen LogP contribution >= 0.6 is 38.6 Å². The molecule has 0 spiro atoms. The Morgan fingerprint density at radius 1 is 1.00 bits per heavy atom. The molecule has 2 nitrogen and oxygen atoms in total. The second kappa shape index (κ2) is 12.8. The molecule has 2 heterocycles. The van der Waals surface area contributed by atoms with Gasteiger partial charge in [-0.05, 0) is 127 Å². The molecule has 1 aliphatic rings. The summed E-state index contributed by atoms with van der Waals surface area (Å²) in [5.74, 6) is 0.774. The summed E-state index contributed by atoms with van der Waals surface area (Å²) >= 11 is 7.35. The summed E-state index contributed by atoms with van der Waals surface area (Å²) in [7, 11) is 0. The third-order valence-electron chi connectivity index (χ3n) is 6.83. The highest BCUT2D eigenvalue weighted by atomic mass is 79.9. The van der Waals surface area contributed by atoms with Crippen LogP contribution in [0.1, 0.15) is 55.5 Å². The lowest BCUT2D eigenvalue weighted by Gasteiger charge is -2.26. The standard InChI is InChI=1S/C31H35BrN2S2/c1-21-7-4-5-8-28(21)25(17-22(2)29(32)20-33)18-23(3)34-26-12-10-24(11-13-26)19-27-14-15-31(36-27)30-9-6-16-35-30/h4-9,14-18,20,24,26H,10-13,19,33H2,1-3H3/b22-17+,25-18+,29-20+,34-23?. The Hall–Kier alpha value is -2.21. The molecule has 0 saturated heterocycles. The number of nitrogens with two attached hydrogens (primary N) is 1. The van der Waals surface area contributed by atoms with E-state index < -0.39 is 0 Å². The van der Waals surface area contributed by atoms with Gasteiger partial charge in [-0.15, -0.1) is 22.7 Å². The number of halogens is 1. The molecule has 4 rings (SSSR count). The summed E-state index contributed by atoms with van der Waals surface area (Å²) in [6.07, 6.45) is 12.1. The van der Waals surface area contributed by atoms with Crippen LogP contribution in [0.5, 0.6) is 0 Å². The molecule has 0 aliphatic heterocycles. The number of nitrogens with zero attached hydrogens (tertiary/aromatic N) is 1. The third-order valence-corrected chi connectivity index (χ3v) is 9.90. The lowest BCUT2D eigenvalue weighted by atomic mass is 9.84. The van der Waals surface area contributed by atoms with Crippen molar-refractivity contribution in [2.75, 3.05) is 0 Å². The fraction of sp³-hybridized carbons (Fsp3) is 0.323. The number of aryl methyl sites for hydroxylation is 1. The van der Waals surface area contributed by atoms with Crippen molar-refractivity contribution in [3.8, 4) is 9.75 Å². The summed E-state index contributed by atoms with van der Waals surface area (Å²) in [6, 6.07) is 17.9. The van der Waals surface area contributed by atoms with Crippen LogP contribution in [0.25, 0.3) is 15.3 Å². The lowest BCUT2D eigenvalue weighted by Crippen LogP contribution is -2.19. The fourth-order valence-corrected chi connectivity index (χ4v) is 6.95. The van der Waals surface area contributed by atoms with E-state index in [1.165, 1.54) is 63.4 Å². The van der Waals surface area contributed by atoms with Gasteiger partial charge in [0.15, 0.2) is 0 Å². The van der Waals surface area contributed by atoms with Gasteiger partial charge in [-0.25, -0.2) is 0 Å². The number of benzene rings is 1. The quantitative estimate of drug-likeness (QED) is 0.209. The van der Waals surface area contributed by atoms with Crippen LogP contribution in [0, 0.1) is 12.8 Å². The highest BCUT2D eigenvalue weighted by molar-refractivity contribution is 9.12. The number of hydrogen-bond acceptors (Lipinski definition) is 4. The Kier molecular flexibility index (Phi) is 9.58. The molecule has 0 radical (unpaired) electrons. The first-order chi connectivity index (χ1) is 17.4. The Morgan fingerprint density at radius 3 is 2.47 bits per heavy atom. The summed E-state index contributed by atoms with van der Waals surface area (Å²) in [5.41, 5.74) is 11.6. The van der Waals surface area contributed by atoms with Crippen molar-refractivity contribution in [1.82, 2.24) is 0 Å². The van der Waals surface area contributed by atoms with Gasteiger partial charge < -0.3 is 5.73 Å². The molecule has 1 saturated carbocycles. The van der Waals surface area contributed by atoms with Crippen LogP contribution in [0.4, 0.5) is 0 Å². The first kappa shape index (κ1) is 26.8. The van der Waals surface area contributed by atoms with Crippen molar-refractivity contribution >= 4 is 49.9 Å². The first-order valence-corrected chi connectivity index (χ1v) is 15.1. The SMILES string of the molecule is CC(\C=C(/C=C(C)/C(Br)=C\N)c1ccccc1C)=NC1CCC(Cc2ccc(-c3cccs3)s2)CC1. The highest BCUT2D eigenvalue weighted by Gasteiger charge is 2.21. The van der Waals surface area contributed by atoms with Gasteiger partial charge in [0.05, 0.1) is 6.04 Å². The van der Waals surface area contributed by atoms with E-state index in [9.17, 15) is 0 Å². The molecule has 5 heteroatoms. The van der Waals surface area contributed by atoms with Gasteiger partial charge in [0.2, 0.25) is 0 Å². The third kappa shape index (κ3) is 7.18. The maximum Gasteiger partial charge on any atom is 0.0503 e. The van der Waals surface area contributed by atoms with Crippen LogP contribution in [0.2, 0.25) is 0 Å². The van der Waals surface area contributed by atoms with Gasteiger partial charge in [0, 0.05) is 31.0 Å². The minimum Gasteiger partial charge on any atom is -0.404 e. The molecular formula is C31H35BrN2S2. The van der Waals surface area contributed by atoms with E-state index in [1.54, 1.807) is 6.20 Å². The van der Waals surface area contributed by atoms with E-state index in [2.05, 4.69) is 103 Å². The zero-order valence-electron chi connectivity index (χ0n) is 21.3. The second-order valence-corrected chi connectivity index (χ2v) is 12.6. The van der Waals surface area contributed by atoms with E-state index in [-0.39, 0.29) is 0 Å². The van der Waals surface area contributed by atoms with Gasteiger partial charge in [0.25, 0.3) is 0 Å². The van der Waals surface area contributed by atoms with Crippen LogP contribution < -0.4 is 5.73 Å². The zero-order chi connectivity index (χ0) is 25.5. The first-order valence-electron chi connectivity index (χ1n) is 12.6. The van der Waals surface area contributed by atoms with E-state index in [0.29, 0.717) is 6.04 Å². The fourth-order valence-electron chi connectivity index (χ4n) is 4.88. The monoisotopic (exact) mass is 578 g/mol. The van der Waals surface area contributed by atoms with E-state index in [1.807, 2.05) is 22.7 Å². The predicted molar refractivity (Wildman–Crippen MR) is 164 cm³/mol. The molecule has 1 aliphatic carbocycles. The summed E-state index contributed by atoms with van der Waals surface area (Å²) in [6.45, 7) is 6.37. The number of rotatable bonds is 8. The van der Waals surface area contributed by atoms with Crippen LogP contribution in [0.3, 0.4) is 0 Å². The maximum atomic E-state index is 5.73. The highest BCUT2D eigenvalue weighted by Crippen LogP contribution is 2.35. The molecule has 188 valence electrons. The van der Waals surface area contributed by atoms with Crippen molar-refractivity contribution in [2.45, 2.75) is 58.9 Å². The Bertz CT molecular complexity index is 1270. The van der Waals surface area contributed by atoms with Gasteiger partial charge in [-0.3, -0.25) is 4.99 Å². The lowest BCUT2D eigenvalue weighted by molar-refractivity contribution is 0.327. The van der Waals surface area contributed by atoms with E-state index in [4.69, 9.17) is 10.7 Å². The Morgan fingerprint density at radius 2 is 1.78 bits per heavy atom. The number of hydrogen-bond donors (Lipinski definition) is 1. The smallest absolute Gasteiger partial charge is 0.0503 e. The van der Waals surface area contributed by atoms with Crippen molar-refractivity contribution in [1.29, 1.82) is 0 Å². The van der Waals surface area contributed by atoms with E-state index >= 15 is 0 Å². The van der Waals surface area contributed by atoms with Gasteiger partial charge >= 0.3 is 0 Å². The van der Waals surface area contributed by atoms with E-state index in [0.717, 1.165) is 21.7 Å². The van der Waals surface area contributed by atoms with Crippen molar-refractivity contribution in [3.05, 3.63) is 98.3 Å². The molecule has 0 unspecified atom stereocenters. The van der Waals surface area contributed by atoms with Gasteiger partial charge in [-0.2, -0.15) is 0 Å². The molecule has 0 amide bonds. The van der Waals surface area contributed by atoms with Crippen molar-refractivity contribution in [2.24, 2.45) is 16.6 Å². The van der Waals surface area contributed by atoms with Crippen LogP contribution in [-0.4, -0.2) is 11.8 Å².